The molecule has 0 aromatic heterocycles. The lowest BCUT2D eigenvalue weighted by Crippen LogP contribution is -2.51. The third-order valence-electron chi connectivity index (χ3n) is 5.38. The molecule has 7 nitrogen and oxygen atoms in total. The summed E-state index contributed by atoms with van der Waals surface area (Å²) in [6.07, 6.45) is 2.81. The molecule has 2 N–H and O–H groups in total. The van der Waals surface area contributed by atoms with Crippen molar-refractivity contribution in [3.63, 3.8) is 0 Å². The van der Waals surface area contributed by atoms with Gasteiger partial charge in [0.2, 0.25) is 0 Å². The number of piperazine rings is 1. The number of hydrogen-bond donors (Lipinski definition) is 2. The van der Waals surface area contributed by atoms with Crippen molar-refractivity contribution in [2.24, 2.45) is 0 Å². The molecule has 30 heavy (non-hydrogen) atoms. The Morgan fingerprint density at radius 2 is 1.97 bits per heavy atom. The van der Waals surface area contributed by atoms with Gasteiger partial charge in [0.15, 0.2) is 0 Å². The largest absolute Gasteiger partial charge is 0.496 e. The second-order valence-electron chi connectivity index (χ2n) is 7.43. The van der Waals surface area contributed by atoms with Crippen LogP contribution in [-0.2, 0) is 6.42 Å². The standard InChI is InChI=1S/C22H30N4O3.ClH/c1-17-10-11-20(26(27)28)19(16-17)24-22(25-14-12-23-13-15-25)9-5-7-18-6-3-4-8-21(18)29-2;/h3-4,6,8,10-11,16,22-24H,5,7,9,12-15H2,1-2H3;1H. The molecule has 0 bridgehead atoms. The molecule has 0 amide bonds. The van der Waals surface area contributed by atoms with Crippen LogP contribution in [0.3, 0.4) is 0 Å². The van der Waals surface area contributed by atoms with Crippen molar-refractivity contribution in [1.82, 2.24) is 10.2 Å². The highest BCUT2D eigenvalue weighted by Crippen LogP contribution is 2.28. The molecular formula is C22H31ClN4O3. The van der Waals surface area contributed by atoms with Gasteiger partial charge in [-0.2, -0.15) is 0 Å². The SMILES string of the molecule is COc1ccccc1CCCC(Nc1cc(C)ccc1[N+](=O)[O-])N1CCNCC1.Cl. The number of nitro benzene ring substituents is 1. The Bertz CT molecular complexity index is 828. The molecule has 0 saturated carbocycles. The third-order valence-corrected chi connectivity index (χ3v) is 5.38. The summed E-state index contributed by atoms with van der Waals surface area (Å²) in [5.41, 5.74) is 2.91. The molecule has 2 aromatic rings. The highest BCUT2D eigenvalue weighted by molar-refractivity contribution is 5.85. The number of methoxy groups -OCH3 is 1. The van der Waals surface area contributed by atoms with Crippen LogP contribution in [-0.4, -0.2) is 49.3 Å². The second kappa shape index (κ2) is 11.7. The maximum Gasteiger partial charge on any atom is 0.292 e. The van der Waals surface area contributed by atoms with Gasteiger partial charge in [-0.15, -0.1) is 12.4 Å². The molecule has 1 saturated heterocycles. The molecule has 1 aliphatic rings. The van der Waals surface area contributed by atoms with E-state index in [1.54, 1.807) is 19.2 Å². The lowest BCUT2D eigenvalue weighted by atomic mass is 10.0. The van der Waals surface area contributed by atoms with E-state index in [0.717, 1.165) is 56.8 Å². The first-order valence-corrected chi connectivity index (χ1v) is 10.2. The van der Waals surface area contributed by atoms with Crippen molar-refractivity contribution in [1.29, 1.82) is 0 Å². The van der Waals surface area contributed by atoms with E-state index in [9.17, 15) is 10.1 Å². The first-order valence-electron chi connectivity index (χ1n) is 10.2. The van der Waals surface area contributed by atoms with Crippen molar-refractivity contribution in [2.45, 2.75) is 32.4 Å². The summed E-state index contributed by atoms with van der Waals surface area (Å²) in [7, 11) is 1.70. The van der Waals surface area contributed by atoms with Gasteiger partial charge in [-0.3, -0.25) is 15.0 Å². The molecule has 8 heteroatoms. The van der Waals surface area contributed by atoms with Gasteiger partial charge >= 0.3 is 0 Å². The molecule has 2 aromatic carbocycles. The summed E-state index contributed by atoms with van der Waals surface area (Å²) in [5.74, 6) is 0.911. The first-order chi connectivity index (χ1) is 14.1. The molecule has 1 aliphatic heterocycles. The van der Waals surface area contributed by atoms with E-state index in [1.165, 1.54) is 5.56 Å². The van der Waals surface area contributed by atoms with Crippen molar-refractivity contribution in [2.75, 3.05) is 38.6 Å². The Kier molecular flexibility index (Phi) is 9.36. The van der Waals surface area contributed by atoms with E-state index >= 15 is 0 Å². The summed E-state index contributed by atoms with van der Waals surface area (Å²) in [4.78, 5) is 13.6. The lowest BCUT2D eigenvalue weighted by molar-refractivity contribution is -0.384. The minimum Gasteiger partial charge on any atom is -0.496 e. The zero-order chi connectivity index (χ0) is 20.6. The molecular weight excluding hydrogens is 404 g/mol. The van der Waals surface area contributed by atoms with Gasteiger partial charge < -0.3 is 15.4 Å². The number of para-hydroxylation sites is 1. The molecule has 0 radical (unpaired) electrons. The third kappa shape index (κ3) is 6.32. The van der Waals surface area contributed by atoms with Crippen LogP contribution >= 0.6 is 12.4 Å². The molecule has 0 aliphatic carbocycles. The normalized spacial score (nSPS) is 15.1. The van der Waals surface area contributed by atoms with Gasteiger partial charge in [0.1, 0.15) is 11.4 Å². The monoisotopic (exact) mass is 434 g/mol. The summed E-state index contributed by atoms with van der Waals surface area (Å²) in [6.45, 7) is 5.66. The molecule has 1 fully saturated rings. The summed E-state index contributed by atoms with van der Waals surface area (Å²) in [5, 5.41) is 18.3. The average Bonchev–Trinajstić information content (AvgIpc) is 2.74. The number of nitro groups is 1. The van der Waals surface area contributed by atoms with Gasteiger partial charge in [-0.05, 0) is 49.4 Å². The highest BCUT2D eigenvalue weighted by atomic mass is 35.5. The Morgan fingerprint density at radius 3 is 2.67 bits per heavy atom. The number of halogens is 1. The Labute approximate surface area is 184 Å². The number of aryl methyl sites for hydroxylation is 2. The van der Waals surface area contributed by atoms with Crippen LogP contribution in [0.1, 0.15) is 24.0 Å². The number of rotatable bonds is 9. The summed E-state index contributed by atoms with van der Waals surface area (Å²) >= 11 is 0. The van der Waals surface area contributed by atoms with Crippen molar-refractivity contribution >= 4 is 23.8 Å². The first kappa shape index (κ1) is 23.9. The molecule has 1 atom stereocenters. The van der Waals surface area contributed by atoms with Crippen molar-refractivity contribution in [3.8, 4) is 5.75 Å². The molecule has 164 valence electrons. The number of benzene rings is 2. The minimum atomic E-state index is -0.314. The van der Waals surface area contributed by atoms with Crippen LogP contribution in [0.5, 0.6) is 5.75 Å². The van der Waals surface area contributed by atoms with Gasteiger partial charge in [0, 0.05) is 32.2 Å². The fourth-order valence-corrected chi connectivity index (χ4v) is 3.84. The van der Waals surface area contributed by atoms with Gasteiger partial charge in [-0.1, -0.05) is 24.3 Å². The number of anilines is 1. The van der Waals surface area contributed by atoms with E-state index in [2.05, 4.69) is 21.6 Å². The predicted molar refractivity (Wildman–Crippen MR) is 123 cm³/mol. The smallest absolute Gasteiger partial charge is 0.292 e. The maximum atomic E-state index is 11.5. The van der Waals surface area contributed by atoms with E-state index in [0.29, 0.717) is 5.69 Å². The number of ether oxygens (including phenoxy) is 1. The van der Waals surface area contributed by atoms with Gasteiger partial charge in [0.25, 0.3) is 5.69 Å². The Morgan fingerprint density at radius 1 is 1.23 bits per heavy atom. The zero-order valence-corrected chi connectivity index (χ0v) is 18.4. The van der Waals surface area contributed by atoms with Crippen LogP contribution < -0.4 is 15.4 Å². The van der Waals surface area contributed by atoms with Gasteiger partial charge in [0.05, 0.1) is 18.2 Å². The van der Waals surface area contributed by atoms with Crippen LogP contribution in [0.4, 0.5) is 11.4 Å². The van der Waals surface area contributed by atoms with Crippen LogP contribution in [0.15, 0.2) is 42.5 Å². The fraction of sp³-hybridized carbons (Fsp3) is 0.455. The Hall–Kier alpha value is -2.35. The maximum absolute atomic E-state index is 11.5. The topological polar surface area (TPSA) is 79.7 Å². The fourth-order valence-electron chi connectivity index (χ4n) is 3.84. The average molecular weight is 435 g/mol. The molecule has 1 heterocycles. The molecule has 1 unspecified atom stereocenters. The molecule has 0 spiro atoms. The number of hydrogen-bond acceptors (Lipinski definition) is 6. The van der Waals surface area contributed by atoms with Crippen LogP contribution in [0, 0.1) is 17.0 Å². The zero-order valence-electron chi connectivity index (χ0n) is 17.6. The predicted octanol–water partition coefficient (Wildman–Crippen LogP) is 4.00. The van der Waals surface area contributed by atoms with Gasteiger partial charge in [-0.25, -0.2) is 0 Å². The highest BCUT2D eigenvalue weighted by Gasteiger charge is 2.23. The van der Waals surface area contributed by atoms with Crippen molar-refractivity contribution in [3.05, 3.63) is 63.7 Å². The van der Waals surface area contributed by atoms with Crippen molar-refractivity contribution < 1.29 is 9.66 Å². The van der Waals surface area contributed by atoms with E-state index in [-0.39, 0.29) is 29.2 Å². The van der Waals surface area contributed by atoms with Crippen LogP contribution in [0.2, 0.25) is 0 Å². The summed E-state index contributed by atoms with van der Waals surface area (Å²) in [6, 6.07) is 13.3. The summed E-state index contributed by atoms with van der Waals surface area (Å²) < 4.78 is 5.46. The van der Waals surface area contributed by atoms with Crippen LogP contribution in [0.25, 0.3) is 0 Å². The van der Waals surface area contributed by atoms with E-state index < -0.39 is 0 Å². The Balaban J connectivity index is 0.00000320. The molecule has 3 rings (SSSR count). The number of nitrogens with zero attached hydrogens (tertiary/aromatic N) is 2. The van der Waals surface area contributed by atoms with E-state index in [1.807, 2.05) is 31.2 Å². The minimum absolute atomic E-state index is 0. The quantitative estimate of drug-likeness (QED) is 0.458. The van der Waals surface area contributed by atoms with E-state index in [4.69, 9.17) is 4.74 Å². The second-order valence-corrected chi connectivity index (χ2v) is 7.43. The lowest BCUT2D eigenvalue weighted by Gasteiger charge is -2.36. The number of nitrogens with one attached hydrogen (secondary N) is 2.